The van der Waals surface area contributed by atoms with E-state index in [1.54, 1.807) is 26.0 Å². The predicted octanol–water partition coefficient (Wildman–Crippen LogP) is 7.43. The van der Waals surface area contributed by atoms with E-state index >= 15 is 0 Å². The molecule has 0 bridgehead atoms. The van der Waals surface area contributed by atoms with Crippen LogP contribution in [0.25, 0.3) is 0 Å². The van der Waals surface area contributed by atoms with Crippen molar-refractivity contribution in [2.24, 2.45) is 5.41 Å². The molecule has 7 heteroatoms. The summed E-state index contributed by atoms with van der Waals surface area (Å²) in [6, 6.07) is 3.10. The third-order valence-corrected chi connectivity index (χ3v) is 6.97. The van der Waals surface area contributed by atoms with Crippen LogP contribution in [0.3, 0.4) is 0 Å². The van der Waals surface area contributed by atoms with Crippen molar-refractivity contribution in [2.45, 2.75) is 124 Å². The van der Waals surface area contributed by atoms with E-state index in [0.717, 1.165) is 19.3 Å². The predicted molar refractivity (Wildman–Crippen MR) is 144 cm³/mol. The molecule has 0 saturated heterocycles. The number of esters is 2. The van der Waals surface area contributed by atoms with Crippen LogP contribution in [0.5, 0.6) is 0 Å². The summed E-state index contributed by atoms with van der Waals surface area (Å²) in [6.45, 7) is 10.1. The molecular formula is C30H49F2NO4. The van der Waals surface area contributed by atoms with Gasteiger partial charge in [0.1, 0.15) is 0 Å². The fourth-order valence-electron chi connectivity index (χ4n) is 4.87. The quantitative estimate of drug-likeness (QED) is 0.138. The molecule has 1 aromatic rings. The second kappa shape index (κ2) is 18.3. The second-order valence-corrected chi connectivity index (χ2v) is 9.58. The minimum Gasteiger partial charge on any atom is -0.465 e. The largest absolute Gasteiger partial charge is 0.465 e. The number of hydrogen-bond donors (Lipinski definition) is 1. The first-order chi connectivity index (χ1) is 17.9. The fraction of sp³-hybridized carbons (Fsp3) is 0.733. The van der Waals surface area contributed by atoms with Gasteiger partial charge in [-0.1, -0.05) is 77.8 Å². The van der Waals surface area contributed by atoms with Crippen molar-refractivity contribution in [1.82, 2.24) is 5.32 Å². The van der Waals surface area contributed by atoms with E-state index in [1.807, 2.05) is 13.8 Å². The molecule has 0 amide bonds. The SMILES string of the molecule is CC.CCCCCCCCCCc1ccc(CNC2CCC(C(=O)OCC)(C(=O)OCC)C2)c(F)c1F. The normalized spacial score (nSPS) is 16.1. The lowest BCUT2D eigenvalue weighted by Crippen LogP contribution is -2.41. The van der Waals surface area contributed by atoms with Crippen LogP contribution in [0.2, 0.25) is 0 Å². The molecule has 37 heavy (non-hydrogen) atoms. The number of benzene rings is 1. The Morgan fingerprint density at radius 2 is 1.38 bits per heavy atom. The number of carbonyl (C=O) groups is 2. The number of hydrogen-bond acceptors (Lipinski definition) is 5. The van der Waals surface area contributed by atoms with Gasteiger partial charge in [0.05, 0.1) is 13.2 Å². The third kappa shape index (κ3) is 9.99. The van der Waals surface area contributed by atoms with Gasteiger partial charge < -0.3 is 14.8 Å². The summed E-state index contributed by atoms with van der Waals surface area (Å²) in [5.74, 6) is -2.75. The van der Waals surface area contributed by atoms with Crippen molar-refractivity contribution >= 4 is 11.9 Å². The lowest BCUT2D eigenvalue weighted by Gasteiger charge is -2.24. The molecule has 0 aliphatic heterocycles. The van der Waals surface area contributed by atoms with Crippen molar-refractivity contribution < 1.29 is 27.8 Å². The first-order valence-electron chi connectivity index (χ1n) is 14.4. The Hall–Kier alpha value is -2.02. The van der Waals surface area contributed by atoms with Crippen molar-refractivity contribution in [3.63, 3.8) is 0 Å². The lowest BCUT2D eigenvalue weighted by atomic mass is 9.86. The molecule has 1 atom stereocenters. The van der Waals surface area contributed by atoms with Crippen LogP contribution in [0, 0.1) is 17.0 Å². The van der Waals surface area contributed by atoms with Crippen LogP contribution in [0.1, 0.15) is 116 Å². The summed E-state index contributed by atoms with van der Waals surface area (Å²) in [5.41, 5.74) is -0.679. The number of carbonyl (C=O) groups excluding carboxylic acids is 2. The molecule has 0 heterocycles. The highest BCUT2D eigenvalue weighted by Gasteiger charge is 2.53. The van der Waals surface area contributed by atoms with Gasteiger partial charge in [0.25, 0.3) is 0 Å². The van der Waals surface area contributed by atoms with Gasteiger partial charge in [-0.15, -0.1) is 0 Å². The fourth-order valence-corrected chi connectivity index (χ4v) is 4.87. The van der Waals surface area contributed by atoms with Crippen molar-refractivity contribution in [3.05, 3.63) is 34.9 Å². The maximum absolute atomic E-state index is 14.7. The summed E-state index contributed by atoms with van der Waals surface area (Å²) < 4.78 is 39.7. The van der Waals surface area contributed by atoms with E-state index in [0.29, 0.717) is 24.8 Å². The maximum Gasteiger partial charge on any atom is 0.323 e. The van der Waals surface area contributed by atoms with E-state index < -0.39 is 29.0 Å². The molecular weight excluding hydrogens is 476 g/mol. The monoisotopic (exact) mass is 525 g/mol. The molecule has 1 aliphatic carbocycles. The Bertz CT molecular complexity index is 797. The van der Waals surface area contributed by atoms with Gasteiger partial charge in [-0.25, -0.2) is 8.78 Å². The van der Waals surface area contributed by atoms with Crippen molar-refractivity contribution in [2.75, 3.05) is 13.2 Å². The standard InChI is InChI=1S/C28H43F2NO4.C2H6/c1-4-7-8-9-10-11-12-13-14-21-15-16-22(25(30)24(21)29)20-31-23-17-18-28(19-23,26(32)34-5-2)27(33)35-6-3;1-2/h15-16,23,31H,4-14,17-20H2,1-3H3;1-2H3. The first-order valence-corrected chi connectivity index (χ1v) is 14.4. The van der Waals surface area contributed by atoms with Crippen LogP contribution < -0.4 is 5.32 Å². The number of rotatable bonds is 16. The summed E-state index contributed by atoms with van der Waals surface area (Å²) in [7, 11) is 0. The van der Waals surface area contributed by atoms with Gasteiger partial charge in [0.2, 0.25) is 0 Å². The van der Waals surface area contributed by atoms with Gasteiger partial charge in [-0.05, 0) is 51.5 Å². The Labute approximate surface area is 223 Å². The van der Waals surface area contributed by atoms with Gasteiger partial charge in [0, 0.05) is 18.2 Å². The molecule has 0 spiro atoms. The molecule has 1 aromatic carbocycles. The van der Waals surface area contributed by atoms with Gasteiger partial charge in [-0.2, -0.15) is 0 Å². The van der Waals surface area contributed by atoms with E-state index in [1.165, 1.54) is 32.1 Å². The highest BCUT2D eigenvalue weighted by molar-refractivity contribution is 6.00. The van der Waals surface area contributed by atoms with Crippen LogP contribution in [0.15, 0.2) is 12.1 Å². The topological polar surface area (TPSA) is 64.6 Å². The van der Waals surface area contributed by atoms with Crippen LogP contribution in [0.4, 0.5) is 8.78 Å². The molecule has 5 nitrogen and oxygen atoms in total. The van der Waals surface area contributed by atoms with Crippen LogP contribution in [-0.2, 0) is 32.0 Å². The molecule has 1 saturated carbocycles. The summed E-state index contributed by atoms with van der Waals surface area (Å²) in [4.78, 5) is 25.1. The van der Waals surface area contributed by atoms with Crippen molar-refractivity contribution in [1.29, 1.82) is 0 Å². The van der Waals surface area contributed by atoms with Crippen LogP contribution in [-0.4, -0.2) is 31.2 Å². The minimum atomic E-state index is -1.34. The number of nitrogens with one attached hydrogen (secondary N) is 1. The average molecular weight is 526 g/mol. The third-order valence-electron chi connectivity index (χ3n) is 6.97. The van der Waals surface area contributed by atoms with E-state index in [4.69, 9.17) is 9.47 Å². The number of halogens is 2. The molecule has 1 N–H and O–H groups in total. The number of ether oxygens (including phenoxy) is 2. The zero-order valence-electron chi connectivity index (χ0n) is 23.7. The second-order valence-electron chi connectivity index (χ2n) is 9.58. The average Bonchev–Trinajstić information content (AvgIpc) is 3.35. The molecule has 1 aliphatic rings. The molecule has 1 unspecified atom stereocenters. The molecule has 0 aromatic heterocycles. The summed E-state index contributed by atoms with van der Waals surface area (Å²) in [6.07, 6.45) is 10.9. The highest BCUT2D eigenvalue weighted by atomic mass is 19.2. The smallest absolute Gasteiger partial charge is 0.323 e. The van der Waals surface area contributed by atoms with Gasteiger partial charge >= 0.3 is 11.9 Å². The highest BCUT2D eigenvalue weighted by Crippen LogP contribution is 2.41. The van der Waals surface area contributed by atoms with Gasteiger partial charge in [0.15, 0.2) is 17.0 Å². The lowest BCUT2D eigenvalue weighted by molar-refractivity contribution is -0.171. The molecule has 212 valence electrons. The Morgan fingerprint density at radius 1 is 0.865 bits per heavy atom. The van der Waals surface area contributed by atoms with E-state index in [2.05, 4.69) is 12.2 Å². The Balaban J connectivity index is 0.00000334. The summed E-state index contributed by atoms with van der Waals surface area (Å²) in [5, 5.41) is 3.19. The molecule has 1 fully saturated rings. The zero-order valence-corrected chi connectivity index (χ0v) is 23.7. The Morgan fingerprint density at radius 3 is 1.95 bits per heavy atom. The number of unbranched alkanes of at least 4 members (excludes halogenated alkanes) is 7. The minimum absolute atomic E-state index is 0.118. The summed E-state index contributed by atoms with van der Waals surface area (Å²) >= 11 is 0. The van der Waals surface area contributed by atoms with Gasteiger partial charge in [-0.3, -0.25) is 9.59 Å². The molecule has 2 rings (SSSR count). The number of aryl methyl sites for hydroxylation is 1. The van der Waals surface area contributed by atoms with E-state index in [-0.39, 0.29) is 37.8 Å². The Kier molecular flexibility index (Phi) is 16.3. The van der Waals surface area contributed by atoms with E-state index in [9.17, 15) is 18.4 Å². The van der Waals surface area contributed by atoms with Crippen molar-refractivity contribution in [3.8, 4) is 0 Å². The molecule has 0 radical (unpaired) electrons. The first kappa shape index (κ1) is 33.0. The maximum atomic E-state index is 14.7. The van der Waals surface area contributed by atoms with Crippen LogP contribution >= 0.6 is 0 Å². The zero-order chi connectivity index (χ0) is 27.7.